The third-order valence-corrected chi connectivity index (χ3v) is 8.61. The van der Waals surface area contributed by atoms with Crippen LogP contribution in [0.4, 0.5) is 13.2 Å². The van der Waals surface area contributed by atoms with Gasteiger partial charge in [0.15, 0.2) is 11.5 Å². The Morgan fingerprint density at radius 1 is 1.24 bits per heavy atom. The minimum absolute atomic E-state index is 0.0193. The summed E-state index contributed by atoms with van der Waals surface area (Å²) in [5.41, 5.74) is 4.61. The number of likely N-dealkylation sites (tertiary alicyclic amines) is 1. The van der Waals surface area contributed by atoms with Crippen molar-refractivity contribution in [3.63, 3.8) is 0 Å². The normalized spacial score (nSPS) is 29.6. The van der Waals surface area contributed by atoms with E-state index in [1.807, 2.05) is 0 Å². The molecule has 4 aliphatic rings. The number of aromatic nitrogens is 1. The van der Waals surface area contributed by atoms with Crippen LogP contribution in [0.3, 0.4) is 0 Å². The lowest BCUT2D eigenvalue weighted by molar-refractivity contribution is -0.321. The number of hydrogen-bond acceptors (Lipinski definition) is 8. The van der Waals surface area contributed by atoms with Gasteiger partial charge in [0.05, 0.1) is 5.92 Å². The number of alkyl halides is 3. The molecule has 3 aliphatic heterocycles. The van der Waals surface area contributed by atoms with E-state index in [1.165, 1.54) is 4.90 Å². The average Bonchev–Trinajstić information content (AvgIpc) is 3.64. The summed E-state index contributed by atoms with van der Waals surface area (Å²) in [6, 6.07) is 0. The molecule has 5 atom stereocenters. The zero-order valence-corrected chi connectivity index (χ0v) is 20.6. The molecule has 1 aromatic heterocycles. The number of primary amides is 1. The highest BCUT2D eigenvalue weighted by Gasteiger charge is 2.66. The van der Waals surface area contributed by atoms with Crippen molar-refractivity contribution in [2.24, 2.45) is 29.4 Å². The van der Waals surface area contributed by atoms with E-state index < -0.39 is 53.9 Å². The van der Waals surface area contributed by atoms with Crippen LogP contribution in [0.15, 0.2) is 4.52 Å². The fourth-order valence-corrected chi connectivity index (χ4v) is 7.00. The Bertz CT molecular complexity index is 1140. The van der Waals surface area contributed by atoms with Crippen molar-refractivity contribution in [1.29, 1.82) is 0 Å². The predicted octanol–water partition coefficient (Wildman–Crippen LogP) is 0.664. The van der Waals surface area contributed by atoms with Crippen LogP contribution in [0.5, 0.6) is 0 Å². The smallest absolute Gasteiger partial charge is 0.368 e. The fraction of sp³-hybridized carbons (Fsp3) is 0.708. The third-order valence-electron chi connectivity index (χ3n) is 8.61. The first kappa shape index (κ1) is 26.6. The van der Waals surface area contributed by atoms with Crippen molar-refractivity contribution in [2.45, 2.75) is 57.0 Å². The number of ketones is 1. The van der Waals surface area contributed by atoms with Crippen LogP contribution in [0, 0.1) is 23.7 Å². The molecule has 3 amide bonds. The third kappa shape index (κ3) is 4.46. The maximum atomic E-state index is 14.0. The number of halogens is 3. The van der Waals surface area contributed by atoms with Gasteiger partial charge in [-0.3, -0.25) is 23.9 Å². The minimum Gasteiger partial charge on any atom is -0.368 e. The van der Waals surface area contributed by atoms with Gasteiger partial charge in [-0.15, -0.1) is 13.2 Å². The van der Waals surface area contributed by atoms with Gasteiger partial charge in [-0.25, -0.2) is 0 Å². The molecule has 38 heavy (non-hydrogen) atoms. The lowest BCUT2D eigenvalue weighted by atomic mass is 9.67. The molecule has 2 saturated heterocycles. The van der Waals surface area contributed by atoms with Crippen LogP contribution >= 0.6 is 0 Å². The van der Waals surface area contributed by atoms with Gasteiger partial charge in [0.2, 0.25) is 11.8 Å². The van der Waals surface area contributed by atoms with Gasteiger partial charge in [-0.2, -0.15) is 0 Å². The summed E-state index contributed by atoms with van der Waals surface area (Å²) in [6.45, 7) is 0.00462. The lowest BCUT2D eigenvalue weighted by Gasteiger charge is -2.45. The van der Waals surface area contributed by atoms with Crippen LogP contribution in [-0.4, -0.2) is 71.7 Å². The van der Waals surface area contributed by atoms with Crippen LogP contribution in [0.25, 0.3) is 0 Å². The number of hydrogen-bond donors (Lipinski definition) is 3. The second-order valence-corrected chi connectivity index (χ2v) is 10.5. The monoisotopic (exact) mass is 541 g/mol. The topological polar surface area (TPSA) is 157 Å². The first-order chi connectivity index (χ1) is 18.0. The number of nitrogens with zero attached hydrogens (tertiary/aromatic N) is 2. The highest BCUT2D eigenvalue weighted by Crippen LogP contribution is 2.54. The number of carbonyl (C=O) groups excluding carboxylic acids is 4. The summed E-state index contributed by atoms with van der Waals surface area (Å²) in [7, 11) is 0. The lowest BCUT2D eigenvalue weighted by Crippen LogP contribution is -2.66. The molecule has 5 rings (SSSR count). The summed E-state index contributed by atoms with van der Waals surface area (Å²) in [5, 5.41) is 9.76. The second-order valence-electron chi connectivity index (χ2n) is 10.5. The quantitative estimate of drug-likeness (QED) is 0.433. The minimum atomic E-state index is -5.08. The van der Waals surface area contributed by atoms with Crippen molar-refractivity contribution in [3.05, 3.63) is 17.0 Å². The molecule has 1 aliphatic carbocycles. The largest absolute Gasteiger partial charge is 0.522 e. The van der Waals surface area contributed by atoms with Gasteiger partial charge in [0, 0.05) is 44.1 Å². The van der Waals surface area contributed by atoms with Crippen LogP contribution < -0.4 is 16.4 Å². The van der Waals surface area contributed by atoms with Crippen LogP contribution in [-0.2, 0) is 32.1 Å². The molecule has 0 aromatic carbocycles. The Kier molecular flexibility index (Phi) is 6.97. The molecule has 4 heterocycles. The van der Waals surface area contributed by atoms with E-state index in [-0.39, 0.29) is 30.5 Å². The molecule has 3 fully saturated rings. The van der Waals surface area contributed by atoms with Crippen molar-refractivity contribution < 1.29 is 41.6 Å². The predicted molar refractivity (Wildman–Crippen MR) is 122 cm³/mol. The van der Waals surface area contributed by atoms with Gasteiger partial charge in [0.1, 0.15) is 17.9 Å². The van der Waals surface area contributed by atoms with E-state index in [9.17, 15) is 32.3 Å². The number of fused-ring (bicyclic) bond motifs is 2. The van der Waals surface area contributed by atoms with Crippen molar-refractivity contribution in [2.75, 3.05) is 26.2 Å². The highest BCUT2D eigenvalue weighted by molar-refractivity contribution is 6.03. The van der Waals surface area contributed by atoms with E-state index in [1.54, 1.807) is 0 Å². The first-order valence-corrected chi connectivity index (χ1v) is 12.8. The van der Waals surface area contributed by atoms with Gasteiger partial charge >= 0.3 is 6.36 Å². The number of rotatable bonds is 8. The molecule has 3 unspecified atom stereocenters. The number of Topliss-reactive ketones (excluding diaryl/α,β-unsaturated/α-hetero) is 1. The van der Waals surface area contributed by atoms with E-state index in [4.69, 9.17) is 10.3 Å². The molecule has 0 spiro atoms. The van der Waals surface area contributed by atoms with Crippen molar-refractivity contribution in [3.8, 4) is 0 Å². The fourth-order valence-electron chi connectivity index (χ4n) is 7.00. The molecular weight excluding hydrogens is 511 g/mol. The Hall–Kier alpha value is -3.00. The van der Waals surface area contributed by atoms with E-state index in [2.05, 4.69) is 20.5 Å². The molecule has 1 aromatic rings. The summed E-state index contributed by atoms with van der Waals surface area (Å²) in [4.78, 5) is 54.8. The van der Waals surface area contributed by atoms with Gasteiger partial charge in [0.25, 0.3) is 5.91 Å². The van der Waals surface area contributed by atoms with Gasteiger partial charge in [-0.05, 0) is 37.5 Å². The first-order valence-electron chi connectivity index (χ1n) is 12.8. The van der Waals surface area contributed by atoms with Gasteiger partial charge < -0.3 is 25.8 Å². The maximum absolute atomic E-state index is 14.0. The van der Waals surface area contributed by atoms with Crippen LogP contribution in [0.2, 0.25) is 0 Å². The molecule has 14 heteroatoms. The maximum Gasteiger partial charge on any atom is 0.522 e. The molecule has 0 radical (unpaired) electrons. The SMILES string of the molecule is NC(=O)C1([C@H](C[C@H]2CCNC2=O)C(=O)COC(F)(F)F)C2CCCC2CN1C(=O)c1noc2c1CNCC2. The second kappa shape index (κ2) is 9.95. The number of nitrogens with two attached hydrogens (primary N) is 1. The average molecular weight is 542 g/mol. The molecule has 4 N–H and O–H groups in total. The zero-order chi connectivity index (χ0) is 27.2. The van der Waals surface area contributed by atoms with Crippen molar-refractivity contribution >= 4 is 23.5 Å². The molecule has 11 nitrogen and oxygen atoms in total. The summed E-state index contributed by atoms with van der Waals surface area (Å²) in [5.74, 6) is -5.48. The van der Waals surface area contributed by atoms with E-state index in [0.717, 1.165) is 0 Å². The van der Waals surface area contributed by atoms with Crippen LogP contribution in [0.1, 0.15) is 53.9 Å². The number of nitrogens with one attached hydrogen (secondary N) is 2. The summed E-state index contributed by atoms with van der Waals surface area (Å²) in [6.07, 6.45) is -2.66. The highest BCUT2D eigenvalue weighted by atomic mass is 19.4. The molecule has 1 saturated carbocycles. The molecular formula is C24H30F3N5O6. The standard InChI is InChI=1S/C24H30F3N5O6/c25-24(26,27)37-11-17(33)16(8-12-4-7-30-20(12)34)23(22(28)36)15-3-1-2-13(15)10-32(23)21(35)19-14-9-29-6-5-18(14)38-31-19/h12-13,15-16,29H,1-11H2,(H2,28,36)(H,30,34)/t12-,13?,15?,16-,23?/m1/s1. The Morgan fingerprint density at radius 2 is 2.03 bits per heavy atom. The Labute approximate surface area is 215 Å². The molecule has 0 bridgehead atoms. The molecule has 208 valence electrons. The van der Waals surface area contributed by atoms with Crippen molar-refractivity contribution in [1.82, 2.24) is 20.7 Å². The summed E-state index contributed by atoms with van der Waals surface area (Å²) < 4.78 is 48.0. The number of carbonyl (C=O) groups is 4. The Morgan fingerprint density at radius 3 is 2.71 bits per heavy atom. The Balaban J connectivity index is 1.59. The van der Waals surface area contributed by atoms with E-state index >= 15 is 0 Å². The van der Waals surface area contributed by atoms with E-state index in [0.29, 0.717) is 63.1 Å². The summed E-state index contributed by atoms with van der Waals surface area (Å²) >= 11 is 0. The zero-order valence-electron chi connectivity index (χ0n) is 20.6. The number of ether oxygens (including phenoxy) is 1. The van der Waals surface area contributed by atoms with Gasteiger partial charge in [-0.1, -0.05) is 11.6 Å². The number of amides is 3.